The molecular formula is C14H24N2O. The van der Waals surface area contributed by atoms with E-state index in [0.29, 0.717) is 6.42 Å². The average molecular weight is 236 g/mol. The monoisotopic (exact) mass is 236 g/mol. The molecule has 0 spiro atoms. The van der Waals surface area contributed by atoms with Gasteiger partial charge >= 0.3 is 0 Å². The van der Waals surface area contributed by atoms with Crippen LogP contribution in [0.1, 0.15) is 45.4 Å². The highest BCUT2D eigenvalue weighted by atomic mass is 16.1. The summed E-state index contributed by atoms with van der Waals surface area (Å²) in [6.45, 7) is 5.80. The fraction of sp³-hybridized carbons (Fsp3) is 0.786. The van der Waals surface area contributed by atoms with Gasteiger partial charge in [0.05, 0.1) is 0 Å². The predicted molar refractivity (Wildman–Crippen MR) is 69.8 cm³/mol. The first-order valence-electron chi connectivity index (χ1n) is 6.97. The summed E-state index contributed by atoms with van der Waals surface area (Å²) >= 11 is 0. The number of rotatable bonds is 5. The van der Waals surface area contributed by atoms with Gasteiger partial charge in [0.2, 0.25) is 0 Å². The zero-order chi connectivity index (χ0) is 12.1. The van der Waals surface area contributed by atoms with E-state index < -0.39 is 0 Å². The van der Waals surface area contributed by atoms with Crippen LogP contribution in [0.15, 0.2) is 11.8 Å². The van der Waals surface area contributed by atoms with Crippen LogP contribution in [0.3, 0.4) is 0 Å². The van der Waals surface area contributed by atoms with Crippen molar-refractivity contribution in [2.45, 2.75) is 51.5 Å². The van der Waals surface area contributed by atoms with Gasteiger partial charge in [0, 0.05) is 37.3 Å². The number of piperidine rings is 1. The third-order valence-electron chi connectivity index (χ3n) is 3.89. The standard InChI is InChI=1S/C14H24N2O/c1-12-5-2-3-9-16(12)10-4-8-15-13-6-7-14(17)11-13/h11-12,15H,2-10H2,1H3. The van der Waals surface area contributed by atoms with E-state index in [9.17, 15) is 4.79 Å². The number of nitrogens with one attached hydrogen (secondary N) is 1. The van der Waals surface area contributed by atoms with Crippen molar-refractivity contribution in [2.24, 2.45) is 0 Å². The van der Waals surface area contributed by atoms with Crippen molar-refractivity contribution in [1.29, 1.82) is 0 Å². The highest BCUT2D eigenvalue weighted by Gasteiger charge is 2.17. The molecule has 0 radical (unpaired) electrons. The summed E-state index contributed by atoms with van der Waals surface area (Å²) in [6, 6.07) is 0.760. The second-order valence-electron chi connectivity index (χ2n) is 5.30. The van der Waals surface area contributed by atoms with Crippen molar-refractivity contribution in [3.63, 3.8) is 0 Å². The summed E-state index contributed by atoms with van der Waals surface area (Å²) in [5.41, 5.74) is 1.14. The second kappa shape index (κ2) is 6.20. The third-order valence-corrected chi connectivity index (χ3v) is 3.89. The predicted octanol–water partition coefficient (Wildman–Crippen LogP) is 2.09. The zero-order valence-electron chi connectivity index (χ0n) is 10.9. The topological polar surface area (TPSA) is 32.3 Å². The molecule has 1 unspecified atom stereocenters. The van der Waals surface area contributed by atoms with Crippen LogP contribution >= 0.6 is 0 Å². The van der Waals surface area contributed by atoms with Crippen molar-refractivity contribution >= 4 is 5.78 Å². The van der Waals surface area contributed by atoms with Crippen molar-refractivity contribution in [1.82, 2.24) is 10.2 Å². The number of nitrogens with zero attached hydrogens (tertiary/aromatic N) is 1. The molecule has 96 valence electrons. The summed E-state index contributed by atoms with van der Waals surface area (Å²) < 4.78 is 0. The zero-order valence-corrected chi connectivity index (χ0v) is 10.9. The minimum atomic E-state index is 0.275. The van der Waals surface area contributed by atoms with Crippen molar-refractivity contribution in [3.8, 4) is 0 Å². The summed E-state index contributed by atoms with van der Waals surface area (Å²) in [5, 5.41) is 3.38. The SMILES string of the molecule is CC1CCCCN1CCCNC1=CC(=O)CC1. The maximum atomic E-state index is 11.1. The Bertz CT molecular complexity index is 299. The number of carbonyl (C=O) groups excluding carboxylic acids is 1. The van der Waals surface area contributed by atoms with E-state index >= 15 is 0 Å². The van der Waals surface area contributed by atoms with Gasteiger partial charge in [0.15, 0.2) is 5.78 Å². The number of ketones is 1. The fourth-order valence-electron chi connectivity index (χ4n) is 2.76. The van der Waals surface area contributed by atoms with Gasteiger partial charge in [0.1, 0.15) is 0 Å². The van der Waals surface area contributed by atoms with Crippen LogP contribution in [0.5, 0.6) is 0 Å². The molecule has 3 nitrogen and oxygen atoms in total. The molecule has 0 aromatic carbocycles. The molecule has 2 rings (SSSR count). The Kier molecular flexibility index (Phi) is 4.60. The molecule has 0 amide bonds. The molecule has 2 aliphatic rings. The number of likely N-dealkylation sites (tertiary alicyclic amines) is 1. The number of allylic oxidation sites excluding steroid dienone is 2. The average Bonchev–Trinajstić information content (AvgIpc) is 2.73. The van der Waals surface area contributed by atoms with Crippen LogP contribution in [0.4, 0.5) is 0 Å². The lowest BCUT2D eigenvalue weighted by Gasteiger charge is -2.33. The van der Waals surface area contributed by atoms with E-state index in [2.05, 4.69) is 17.1 Å². The molecule has 3 heteroatoms. The molecule has 0 bridgehead atoms. The van der Waals surface area contributed by atoms with Gasteiger partial charge < -0.3 is 10.2 Å². The number of hydrogen-bond acceptors (Lipinski definition) is 3. The van der Waals surface area contributed by atoms with E-state index in [1.165, 1.54) is 38.8 Å². The molecule has 1 atom stereocenters. The molecule has 1 heterocycles. The van der Waals surface area contributed by atoms with Crippen molar-refractivity contribution in [2.75, 3.05) is 19.6 Å². The lowest BCUT2D eigenvalue weighted by atomic mass is 10.0. The number of carbonyl (C=O) groups is 1. The Morgan fingerprint density at radius 1 is 1.41 bits per heavy atom. The molecule has 1 saturated heterocycles. The lowest BCUT2D eigenvalue weighted by molar-refractivity contribution is -0.114. The van der Waals surface area contributed by atoms with Crippen LogP contribution in [-0.4, -0.2) is 36.4 Å². The Hall–Kier alpha value is -0.830. The Balaban J connectivity index is 1.59. The Morgan fingerprint density at radius 2 is 2.29 bits per heavy atom. The maximum Gasteiger partial charge on any atom is 0.157 e. The minimum absolute atomic E-state index is 0.275. The molecule has 1 aliphatic carbocycles. The number of hydrogen-bond donors (Lipinski definition) is 1. The van der Waals surface area contributed by atoms with Gasteiger partial charge in [-0.3, -0.25) is 4.79 Å². The van der Waals surface area contributed by atoms with Crippen LogP contribution in [0.25, 0.3) is 0 Å². The highest BCUT2D eigenvalue weighted by Crippen LogP contribution is 2.16. The Morgan fingerprint density at radius 3 is 3.00 bits per heavy atom. The lowest BCUT2D eigenvalue weighted by Crippen LogP contribution is -2.38. The van der Waals surface area contributed by atoms with E-state index in [0.717, 1.165) is 24.7 Å². The molecule has 1 N–H and O–H groups in total. The van der Waals surface area contributed by atoms with Crippen molar-refractivity contribution < 1.29 is 4.79 Å². The Labute approximate surface area is 104 Å². The molecule has 17 heavy (non-hydrogen) atoms. The third kappa shape index (κ3) is 3.84. The van der Waals surface area contributed by atoms with E-state index in [1.807, 2.05) is 0 Å². The first-order valence-corrected chi connectivity index (χ1v) is 6.97. The molecule has 0 saturated carbocycles. The van der Waals surface area contributed by atoms with Gasteiger partial charge in [0.25, 0.3) is 0 Å². The molecule has 1 aliphatic heterocycles. The maximum absolute atomic E-state index is 11.1. The molecule has 0 aromatic rings. The minimum Gasteiger partial charge on any atom is -0.388 e. The summed E-state index contributed by atoms with van der Waals surface area (Å²) in [6.07, 6.45) is 8.67. The second-order valence-corrected chi connectivity index (χ2v) is 5.30. The summed E-state index contributed by atoms with van der Waals surface area (Å²) in [5.74, 6) is 0.275. The normalized spacial score (nSPS) is 26.1. The van der Waals surface area contributed by atoms with Crippen molar-refractivity contribution in [3.05, 3.63) is 11.8 Å². The van der Waals surface area contributed by atoms with Crippen LogP contribution in [0.2, 0.25) is 0 Å². The largest absolute Gasteiger partial charge is 0.388 e. The fourth-order valence-corrected chi connectivity index (χ4v) is 2.76. The first kappa shape index (κ1) is 12.6. The van der Waals surface area contributed by atoms with Crippen LogP contribution < -0.4 is 5.32 Å². The van der Waals surface area contributed by atoms with Crippen LogP contribution in [0, 0.1) is 0 Å². The van der Waals surface area contributed by atoms with E-state index in [-0.39, 0.29) is 5.78 Å². The molecule has 0 aromatic heterocycles. The smallest absolute Gasteiger partial charge is 0.157 e. The highest BCUT2D eigenvalue weighted by molar-refractivity contribution is 5.92. The summed E-state index contributed by atoms with van der Waals surface area (Å²) in [7, 11) is 0. The van der Waals surface area contributed by atoms with E-state index in [4.69, 9.17) is 0 Å². The van der Waals surface area contributed by atoms with Gasteiger partial charge in [-0.1, -0.05) is 6.42 Å². The van der Waals surface area contributed by atoms with Gasteiger partial charge in [-0.15, -0.1) is 0 Å². The quantitative estimate of drug-likeness (QED) is 0.742. The van der Waals surface area contributed by atoms with Crippen LogP contribution in [-0.2, 0) is 4.79 Å². The molecular weight excluding hydrogens is 212 g/mol. The van der Waals surface area contributed by atoms with Gasteiger partial charge in [-0.05, 0) is 39.2 Å². The van der Waals surface area contributed by atoms with E-state index in [1.54, 1.807) is 6.08 Å². The first-order chi connectivity index (χ1) is 8.25. The molecule has 1 fully saturated rings. The van der Waals surface area contributed by atoms with Gasteiger partial charge in [-0.25, -0.2) is 0 Å². The summed E-state index contributed by atoms with van der Waals surface area (Å²) in [4.78, 5) is 13.6. The van der Waals surface area contributed by atoms with Gasteiger partial charge in [-0.2, -0.15) is 0 Å².